The second-order valence-electron chi connectivity index (χ2n) is 7.23. The van der Waals surface area contributed by atoms with Gasteiger partial charge in [0.15, 0.2) is 17.2 Å². The number of ketones is 1. The van der Waals surface area contributed by atoms with Gasteiger partial charge >= 0.3 is 0 Å². The lowest BCUT2D eigenvalue weighted by atomic mass is 9.87. The lowest BCUT2D eigenvalue weighted by Crippen LogP contribution is -2.37. The van der Waals surface area contributed by atoms with Crippen LogP contribution < -0.4 is 5.32 Å². The van der Waals surface area contributed by atoms with Gasteiger partial charge < -0.3 is 10.4 Å². The summed E-state index contributed by atoms with van der Waals surface area (Å²) in [6.07, 6.45) is 0. The number of rotatable bonds is 4. The van der Waals surface area contributed by atoms with Crippen LogP contribution in [0.15, 0.2) is 35.3 Å². The van der Waals surface area contributed by atoms with Crippen LogP contribution in [0.25, 0.3) is 0 Å². The molecule has 2 aromatic carbocycles. The minimum atomic E-state index is -0.864. The van der Waals surface area contributed by atoms with Gasteiger partial charge in [0.2, 0.25) is 0 Å². The van der Waals surface area contributed by atoms with Crippen molar-refractivity contribution >= 4 is 63.6 Å². The van der Waals surface area contributed by atoms with Crippen molar-refractivity contribution in [3.63, 3.8) is 0 Å². The number of nitrogens with zero attached hydrogens (tertiary/aromatic N) is 1. The Kier molecular flexibility index (Phi) is 6.75. The number of hydrogen-bond donors (Lipinski definition) is 2. The maximum Gasteiger partial charge on any atom is 0.278 e. The van der Waals surface area contributed by atoms with Gasteiger partial charge in [0, 0.05) is 5.41 Å². The molecule has 0 aliphatic carbocycles. The molecule has 8 heteroatoms. The molecule has 5 nitrogen and oxygen atoms in total. The number of carbonyl (C=O) groups is 2. The van der Waals surface area contributed by atoms with Crippen LogP contribution in [-0.2, 0) is 9.59 Å². The van der Waals surface area contributed by atoms with Crippen LogP contribution in [-0.4, -0.2) is 22.5 Å². The number of anilines is 1. The SMILES string of the molecule is Cc1ccc(Cl)c(NC(=O)C(=Nc2cc(Cl)c(O)c(Cl)c2)C(=O)C(C)(C)C)c1. The minimum absolute atomic E-state index is 0.0454. The molecule has 0 saturated heterocycles. The van der Waals surface area contributed by atoms with Gasteiger partial charge in [0.05, 0.1) is 26.4 Å². The van der Waals surface area contributed by atoms with Gasteiger partial charge in [0.25, 0.3) is 5.91 Å². The fourth-order valence-corrected chi connectivity index (χ4v) is 2.86. The highest BCUT2D eigenvalue weighted by Crippen LogP contribution is 2.36. The second kappa shape index (κ2) is 8.52. The van der Waals surface area contributed by atoms with E-state index in [9.17, 15) is 14.7 Å². The van der Waals surface area contributed by atoms with Crippen molar-refractivity contribution < 1.29 is 14.7 Å². The first-order chi connectivity index (χ1) is 12.9. The summed E-state index contributed by atoms with van der Waals surface area (Å²) in [6.45, 7) is 6.87. The van der Waals surface area contributed by atoms with E-state index in [1.54, 1.807) is 39.0 Å². The molecule has 0 aliphatic rings. The maximum atomic E-state index is 12.9. The molecule has 0 fully saturated rings. The molecule has 0 spiro atoms. The Bertz CT molecular complexity index is 956. The Hall–Kier alpha value is -2.08. The monoisotopic (exact) mass is 440 g/mol. The van der Waals surface area contributed by atoms with E-state index in [1.165, 1.54) is 12.1 Å². The summed E-state index contributed by atoms with van der Waals surface area (Å²) >= 11 is 18.0. The van der Waals surface area contributed by atoms with Gasteiger partial charge in [-0.1, -0.05) is 61.6 Å². The number of aryl methyl sites for hydroxylation is 1. The first-order valence-electron chi connectivity index (χ1n) is 8.29. The Morgan fingerprint density at radius 2 is 1.57 bits per heavy atom. The van der Waals surface area contributed by atoms with Gasteiger partial charge in [-0.3, -0.25) is 9.59 Å². The van der Waals surface area contributed by atoms with Crippen LogP contribution in [0.5, 0.6) is 5.75 Å². The third kappa shape index (κ3) is 5.25. The molecular formula is C20H19Cl3N2O3. The van der Waals surface area contributed by atoms with Crippen molar-refractivity contribution in [1.29, 1.82) is 0 Å². The molecule has 1 amide bonds. The number of aliphatic imine (C=N–C) groups is 1. The average molecular weight is 442 g/mol. The predicted molar refractivity (Wildman–Crippen MR) is 115 cm³/mol. The average Bonchev–Trinajstić information content (AvgIpc) is 2.59. The van der Waals surface area contributed by atoms with Crippen LogP contribution in [0.2, 0.25) is 15.1 Å². The zero-order chi connectivity index (χ0) is 21.2. The third-order valence-corrected chi connectivity index (χ3v) is 4.63. The van der Waals surface area contributed by atoms with E-state index in [0.29, 0.717) is 10.7 Å². The van der Waals surface area contributed by atoms with Gasteiger partial charge in [-0.15, -0.1) is 0 Å². The molecule has 2 rings (SSSR count). The van der Waals surface area contributed by atoms with Crippen LogP contribution in [0.4, 0.5) is 11.4 Å². The van der Waals surface area contributed by atoms with E-state index in [4.69, 9.17) is 34.8 Å². The fourth-order valence-electron chi connectivity index (χ4n) is 2.22. The number of phenolic OH excluding ortho intramolecular Hbond substituents is 1. The van der Waals surface area contributed by atoms with Crippen molar-refractivity contribution in [3.05, 3.63) is 51.0 Å². The number of nitrogens with one attached hydrogen (secondary N) is 1. The lowest BCUT2D eigenvalue weighted by molar-refractivity contribution is -0.121. The van der Waals surface area contributed by atoms with Crippen LogP contribution in [0, 0.1) is 12.3 Å². The highest BCUT2D eigenvalue weighted by molar-refractivity contribution is 6.68. The number of benzene rings is 2. The Balaban J connectivity index is 2.52. The first-order valence-corrected chi connectivity index (χ1v) is 9.42. The quantitative estimate of drug-likeness (QED) is 0.452. The fraction of sp³-hybridized carbons (Fsp3) is 0.250. The molecule has 0 aromatic heterocycles. The molecule has 2 N–H and O–H groups in total. The summed E-state index contributed by atoms with van der Waals surface area (Å²) in [4.78, 5) is 29.9. The van der Waals surface area contributed by atoms with Gasteiger partial charge in [-0.05, 0) is 36.8 Å². The van der Waals surface area contributed by atoms with Crippen LogP contribution >= 0.6 is 34.8 Å². The molecular weight excluding hydrogens is 423 g/mol. The van der Waals surface area contributed by atoms with Crippen molar-refractivity contribution in [2.45, 2.75) is 27.7 Å². The van der Waals surface area contributed by atoms with Crippen LogP contribution in [0.3, 0.4) is 0 Å². The Morgan fingerprint density at radius 1 is 1.00 bits per heavy atom. The van der Waals surface area contributed by atoms with E-state index in [2.05, 4.69) is 10.3 Å². The van der Waals surface area contributed by atoms with Crippen molar-refractivity contribution in [2.75, 3.05) is 5.32 Å². The normalized spacial score (nSPS) is 12.0. The molecule has 2 aromatic rings. The second-order valence-corrected chi connectivity index (χ2v) is 8.46. The molecule has 0 atom stereocenters. The number of aromatic hydroxyl groups is 1. The molecule has 0 saturated carbocycles. The van der Waals surface area contributed by atoms with Crippen molar-refractivity contribution in [2.24, 2.45) is 10.4 Å². The zero-order valence-corrected chi connectivity index (χ0v) is 18.0. The molecule has 148 valence electrons. The number of carbonyl (C=O) groups excluding carboxylic acids is 2. The topological polar surface area (TPSA) is 78.8 Å². The summed E-state index contributed by atoms with van der Waals surface area (Å²) < 4.78 is 0. The summed E-state index contributed by atoms with van der Waals surface area (Å²) in [5.41, 5.74) is 0.214. The summed E-state index contributed by atoms with van der Waals surface area (Å²) in [7, 11) is 0. The van der Waals surface area contributed by atoms with Gasteiger partial charge in [0.1, 0.15) is 0 Å². The third-order valence-electron chi connectivity index (χ3n) is 3.72. The number of Topliss-reactive ketones (excluding diaryl/α,β-unsaturated/α-hetero) is 1. The number of phenols is 1. The predicted octanol–water partition coefficient (Wildman–Crippen LogP) is 5.99. The molecule has 0 unspecified atom stereocenters. The summed E-state index contributed by atoms with van der Waals surface area (Å²) in [5.74, 6) is -1.50. The van der Waals surface area contributed by atoms with E-state index < -0.39 is 17.1 Å². The largest absolute Gasteiger partial charge is 0.505 e. The van der Waals surface area contributed by atoms with E-state index in [-0.39, 0.29) is 27.2 Å². The number of amides is 1. The lowest BCUT2D eigenvalue weighted by Gasteiger charge is -2.18. The highest BCUT2D eigenvalue weighted by Gasteiger charge is 2.31. The molecule has 0 aliphatic heterocycles. The highest BCUT2D eigenvalue weighted by atomic mass is 35.5. The maximum absolute atomic E-state index is 12.9. The smallest absolute Gasteiger partial charge is 0.278 e. The molecule has 0 bridgehead atoms. The van der Waals surface area contributed by atoms with E-state index in [1.807, 2.05) is 6.92 Å². The van der Waals surface area contributed by atoms with Crippen molar-refractivity contribution in [1.82, 2.24) is 0 Å². The number of halogens is 3. The summed E-state index contributed by atoms with van der Waals surface area (Å²) in [6, 6.07) is 7.76. The van der Waals surface area contributed by atoms with E-state index in [0.717, 1.165) is 5.56 Å². The first kappa shape index (κ1) is 22.2. The van der Waals surface area contributed by atoms with Crippen molar-refractivity contribution in [3.8, 4) is 5.75 Å². The van der Waals surface area contributed by atoms with Crippen LogP contribution in [0.1, 0.15) is 26.3 Å². The number of hydrogen-bond acceptors (Lipinski definition) is 4. The zero-order valence-electron chi connectivity index (χ0n) is 15.7. The van der Waals surface area contributed by atoms with Gasteiger partial charge in [-0.2, -0.15) is 0 Å². The van der Waals surface area contributed by atoms with Gasteiger partial charge in [-0.25, -0.2) is 4.99 Å². The minimum Gasteiger partial charge on any atom is -0.505 e. The standard InChI is InChI=1S/C20H19Cl3N2O3/c1-10-5-6-12(21)15(7-10)25-19(28)16(18(27)20(2,3)4)24-11-8-13(22)17(26)14(23)9-11/h5-9,26H,1-4H3,(H,25,28). The molecule has 0 heterocycles. The summed E-state index contributed by atoms with van der Waals surface area (Å²) in [5, 5.41) is 12.6. The molecule has 0 radical (unpaired) electrons. The van der Waals surface area contributed by atoms with E-state index >= 15 is 0 Å². The Morgan fingerprint density at radius 3 is 2.11 bits per heavy atom. The molecule has 28 heavy (non-hydrogen) atoms. The Labute approximate surface area is 178 Å².